The van der Waals surface area contributed by atoms with Crippen molar-refractivity contribution >= 4 is 17.8 Å². The van der Waals surface area contributed by atoms with Crippen molar-refractivity contribution in [2.24, 2.45) is 0 Å². The van der Waals surface area contributed by atoms with Crippen molar-refractivity contribution in [3.63, 3.8) is 0 Å². The molecule has 21 heavy (non-hydrogen) atoms. The molecule has 0 radical (unpaired) electrons. The summed E-state index contributed by atoms with van der Waals surface area (Å²) in [6, 6.07) is 0. The van der Waals surface area contributed by atoms with E-state index >= 15 is 0 Å². The van der Waals surface area contributed by atoms with Crippen LogP contribution in [0.3, 0.4) is 0 Å². The Morgan fingerprint density at radius 2 is 1.90 bits per heavy atom. The van der Waals surface area contributed by atoms with Crippen LogP contribution in [0.25, 0.3) is 0 Å². The predicted molar refractivity (Wildman–Crippen MR) is 85.0 cm³/mol. The zero-order valence-corrected chi connectivity index (χ0v) is 13.4. The summed E-state index contributed by atoms with van der Waals surface area (Å²) in [5, 5.41) is 6.28. The minimum atomic E-state index is -0.123. The first-order chi connectivity index (χ1) is 10.1. The lowest BCUT2D eigenvalue weighted by Gasteiger charge is -2.24. The first kappa shape index (κ1) is 15.8. The standard InChI is InChI=1S/C14H26N6O/c1-5-20(6-2)13-18-11(15-4)17-12(19-13)16-10-14(3)8-7-9-21-14/h5-10H2,1-4H3,(H2,15,16,17,18,19). The van der Waals surface area contributed by atoms with E-state index in [0.717, 1.165) is 32.5 Å². The molecule has 2 N–H and O–H groups in total. The van der Waals surface area contributed by atoms with Crippen LogP contribution >= 0.6 is 0 Å². The van der Waals surface area contributed by atoms with Crippen molar-refractivity contribution in [3.8, 4) is 0 Å². The number of rotatable bonds is 7. The second-order valence-electron chi connectivity index (χ2n) is 5.46. The van der Waals surface area contributed by atoms with Gasteiger partial charge in [0.05, 0.1) is 5.60 Å². The van der Waals surface area contributed by atoms with Gasteiger partial charge in [-0.2, -0.15) is 15.0 Å². The molecule has 1 unspecified atom stereocenters. The second kappa shape index (κ2) is 6.89. The zero-order chi connectivity index (χ0) is 15.3. The van der Waals surface area contributed by atoms with Gasteiger partial charge in [-0.1, -0.05) is 0 Å². The van der Waals surface area contributed by atoms with Crippen molar-refractivity contribution in [1.29, 1.82) is 0 Å². The Morgan fingerprint density at radius 3 is 2.48 bits per heavy atom. The van der Waals surface area contributed by atoms with E-state index in [1.54, 1.807) is 0 Å². The zero-order valence-electron chi connectivity index (χ0n) is 13.4. The molecule has 1 fully saturated rings. The summed E-state index contributed by atoms with van der Waals surface area (Å²) >= 11 is 0. The van der Waals surface area contributed by atoms with Crippen LogP contribution in [-0.2, 0) is 4.74 Å². The van der Waals surface area contributed by atoms with Gasteiger partial charge in [-0.05, 0) is 33.6 Å². The second-order valence-corrected chi connectivity index (χ2v) is 5.46. The van der Waals surface area contributed by atoms with Gasteiger partial charge in [0, 0.05) is 33.3 Å². The number of hydrogen-bond acceptors (Lipinski definition) is 7. The Morgan fingerprint density at radius 1 is 1.19 bits per heavy atom. The Kier molecular flexibility index (Phi) is 5.17. The van der Waals surface area contributed by atoms with Crippen LogP contribution < -0.4 is 15.5 Å². The highest BCUT2D eigenvalue weighted by molar-refractivity contribution is 5.43. The molecule has 7 heteroatoms. The van der Waals surface area contributed by atoms with Crippen LogP contribution in [0.2, 0.25) is 0 Å². The molecule has 2 heterocycles. The summed E-state index contributed by atoms with van der Waals surface area (Å²) in [4.78, 5) is 15.4. The van der Waals surface area contributed by atoms with Gasteiger partial charge in [0.2, 0.25) is 17.8 Å². The quantitative estimate of drug-likeness (QED) is 0.793. The SMILES string of the molecule is CCN(CC)c1nc(NC)nc(NCC2(C)CCCO2)n1. The van der Waals surface area contributed by atoms with E-state index < -0.39 is 0 Å². The highest BCUT2D eigenvalue weighted by Gasteiger charge is 2.29. The van der Waals surface area contributed by atoms with Gasteiger partial charge in [-0.25, -0.2) is 0 Å². The monoisotopic (exact) mass is 294 g/mol. The molecule has 1 aliphatic heterocycles. The fourth-order valence-corrected chi connectivity index (χ4v) is 2.45. The van der Waals surface area contributed by atoms with Crippen LogP contribution in [0.15, 0.2) is 0 Å². The summed E-state index contributed by atoms with van der Waals surface area (Å²) in [7, 11) is 1.81. The first-order valence-electron chi connectivity index (χ1n) is 7.67. The molecule has 1 atom stereocenters. The van der Waals surface area contributed by atoms with Gasteiger partial charge >= 0.3 is 0 Å². The molecule has 2 rings (SSSR count). The number of anilines is 3. The van der Waals surface area contributed by atoms with E-state index in [0.29, 0.717) is 24.4 Å². The van der Waals surface area contributed by atoms with Gasteiger partial charge in [0.1, 0.15) is 0 Å². The lowest BCUT2D eigenvalue weighted by atomic mass is 10.0. The topological polar surface area (TPSA) is 75.2 Å². The molecule has 0 amide bonds. The minimum absolute atomic E-state index is 0.123. The lowest BCUT2D eigenvalue weighted by molar-refractivity contribution is 0.0314. The maximum absolute atomic E-state index is 5.78. The molecular formula is C14H26N6O. The van der Waals surface area contributed by atoms with Crippen LogP contribution in [0.1, 0.15) is 33.6 Å². The molecule has 1 saturated heterocycles. The number of ether oxygens (including phenoxy) is 1. The first-order valence-corrected chi connectivity index (χ1v) is 7.67. The predicted octanol–water partition coefficient (Wildman–Crippen LogP) is 1.74. The third-order valence-electron chi connectivity index (χ3n) is 3.81. The van der Waals surface area contributed by atoms with E-state index in [1.165, 1.54) is 0 Å². The molecule has 118 valence electrons. The van der Waals surface area contributed by atoms with Gasteiger partial charge < -0.3 is 20.3 Å². The maximum atomic E-state index is 5.78. The van der Waals surface area contributed by atoms with Gasteiger partial charge in [-0.3, -0.25) is 0 Å². The van der Waals surface area contributed by atoms with E-state index in [1.807, 2.05) is 7.05 Å². The fourth-order valence-electron chi connectivity index (χ4n) is 2.45. The molecule has 0 saturated carbocycles. The van der Waals surface area contributed by atoms with Gasteiger partial charge in [0.15, 0.2) is 0 Å². The van der Waals surface area contributed by atoms with Crippen molar-refractivity contribution in [3.05, 3.63) is 0 Å². The van der Waals surface area contributed by atoms with Gasteiger partial charge in [-0.15, -0.1) is 0 Å². The number of nitrogens with zero attached hydrogens (tertiary/aromatic N) is 4. The average molecular weight is 294 g/mol. The van der Waals surface area contributed by atoms with E-state index in [-0.39, 0.29) is 5.60 Å². The lowest BCUT2D eigenvalue weighted by Crippen LogP contribution is -2.33. The number of nitrogens with one attached hydrogen (secondary N) is 2. The Bertz CT molecular complexity index is 457. The molecule has 1 aromatic rings. The Labute approximate surface area is 126 Å². The normalized spacial score (nSPS) is 21.3. The van der Waals surface area contributed by atoms with Crippen LogP contribution in [0, 0.1) is 0 Å². The summed E-state index contributed by atoms with van der Waals surface area (Å²) < 4.78 is 5.78. The van der Waals surface area contributed by atoms with Crippen LogP contribution in [0.4, 0.5) is 17.8 Å². The molecule has 0 bridgehead atoms. The number of aromatic nitrogens is 3. The van der Waals surface area contributed by atoms with E-state index in [2.05, 4.69) is 51.3 Å². The van der Waals surface area contributed by atoms with Gasteiger partial charge in [0.25, 0.3) is 0 Å². The summed E-state index contributed by atoms with van der Waals surface area (Å²) in [6.07, 6.45) is 2.18. The smallest absolute Gasteiger partial charge is 0.231 e. The minimum Gasteiger partial charge on any atom is -0.373 e. The molecule has 7 nitrogen and oxygen atoms in total. The summed E-state index contributed by atoms with van der Waals surface area (Å²) in [5.74, 6) is 1.86. The Hall–Kier alpha value is -1.63. The van der Waals surface area contributed by atoms with Crippen molar-refractivity contribution < 1.29 is 4.74 Å². The maximum Gasteiger partial charge on any atom is 0.231 e. The third-order valence-corrected chi connectivity index (χ3v) is 3.81. The molecule has 0 spiro atoms. The molecule has 0 aliphatic carbocycles. The van der Waals surface area contributed by atoms with Crippen LogP contribution in [0.5, 0.6) is 0 Å². The molecule has 1 aromatic heterocycles. The van der Waals surface area contributed by atoms with E-state index in [4.69, 9.17) is 4.74 Å². The largest absolute Gasteiger partial charge is 0.373 e. The highest BCUT2D eigenvalue weighted by Crippen LogP contribution is 2.25. The molecular weight excluding hydrogens is 268 g/mol. The van der Waals surface area contributed by atoms with Crippen LogP contribution in [-0.4, -0.2) is 53.8 Å². The molecule has 1 aliphatic rings. The summed E-state index contributed by atoms with van der Waals surface area (Å²) in [6.45, 7) is 9.58. The highest BCUT2D eigenvalue weighted by atomic mass is 16.5. The summed E-state index contributed by atoms with van der Waals surface area (Å²) in [5.41, 5.74) is -0.123. The van der Waals surface area contributed by atoms with Crippen molar-refractivity contribution in [1.82, 2.24) is 15.0 Å². The van der Waals surface area contributed by atoms with E-state index in [9.17, 15) is 0 Å². The van der Waals surface area contributed by atoms with Crippen molar-refractivity contribution in [2.75, 3.05) is 48.8 Å². The Balaban J connectivity index is 2.12. The fraction of sp³-hybridized carbons (Fsp3) is 0.786. The molecule has 0 aromatic carbocycles. The average Bonchev–Trinajstić information content (AvgIpc) is 2.93. The third kappa shape index (κ3) is 3.93. The number of hydrogen-bond donors (Lipinski definition) is 2. The van der Waals surface area contributed by atoms with Crippen molar-refractivity contribution in [2.45, 2.75) is 39.2 Å².